The summed E-state index contributed by atoms with van der Waals surface area (Å²) in [6, 6.07) is 0. The van der Waals surface area contributed by atoms with E-state index in [0.29, 0.717) is 0 Å². The van der Waals surface area contributed by atoms with Crippen LogP contribution in [0.25, 0.3) is 0 Å². The number of hydrogen-bond donors (Lipinski definition) is 0. The van der Waals surface area contributed by atoms with E-state index >= 15 is 0 Å². The van der Waals surface area contributed by atoms with E-state index in [1.165, 1.54) is 6.08 Å². The lowest BCUT2D eigenvalue weighted by atomic mass is 10.6. The highest BCUT2D eigenvalue weighted by Crippen LogP contribution is 2.06. The van der Waals surface area contributed by atoms with E-state index in [1.807, 2.05) is 0 Å². The second-order valence-corrected chi connectivity index (χ2v) is 4.49. The number of hydrogen-bond acceptors (Lipinski definition) is 4. The molecule has 0 fully saturated rings. The average Bonchev–Trinajstić information content (AvgIpc) is 2.13. The van der Waals surface area contributed by atoms with Crippen LogP contribution in [0.2, 0.25) is 0 Å². The van der Waals surface area contributed by atoms with Crippen molar-refractivity contribution >= 4 is 15.8 Å². The van der Waals surface area contributed by atoms with Crippen molar-refractivity contribution in [3.05, 3.63) is 38.0 Å². The Balaban J connectivity index is 4.72. The highest BCUT2D eigenvalue weighted by atomic mass is 32.2. The number of carbonyl (C=O) groups is 1. The zero-order valence-corrected chi connectivity index (χ0v) is 8.50. The summed E-state index contributed by atoms with van der Waals surface area (Å²) in [4.78, 5) is 10.8. The van der Waals surface area contributed by atoms with Crippen LogP contribution in [-0.2, 0) is 19.4 Å². The molecule has 0 amide bonds. The zero-order valence-electron chi connectivity index (χ0n) is 7.68. The predicted octanol–water partition coefficient (Wildman–Crippen LogP) is 0.829. The van der Waals surface area contributed by atoms with Crippen molar-refractivity contribution in [1.82, 2.24) is 0 Å². The monoisotopic (exact) mass is 216 g/mol. The Labute approximate surface area is 83.5 Å². The SMILES string of the molecule is C=CCS(=O)(=O)C(C=C)OC(=O)C=C. The maximum atomic E-state index is 11.4. The van der Waals surface area contributed by atoms with Crippen molar-refractivity contribution in [3.63, 3.8) is 0 Å². The maximum Gasteiger partial charge on any atom is 0.331 e. The van der Waals surface area contributed by atoms with Crippen LogP contribution >= 0.6 is 0 Å². The third-order valence-electron chi connectivity index (χ3n) is 1.30. The topological polar surface area (TPSA) is 60.4 Å². The molecule has 0 saturated carbocycles. The van der Waals surface area contributed by atoms with E-state index in [4.69, 9.17) is 0 Å². The molecule has 78 valence electrons. The summed E-state index contributed by atoms with van der Waals surface area (Å²) in [6.07, 6.45) is 3.15. The summed E-state index contributed by atoms with van der Waals surface area (Å²) >= 11 is 0. The van der Waals surface area contributed by atoms with Crippen LogP contribution in [-0.4, -0.2) is 25.6 Å². The third-order valence-corrected chi connectivity index (χ3v) is 2.99. The van der Waals surface area contributed by atoms with Crippen molar-refractivity contribution in [2.45, 2.75) is 5.44 Å². The fraction of sp³-hybridized carbons (Fsp3) is 0.222. The van der Waals surface area contributed by atoms with Crippen LogP contribution in [0, 0.1) is 0 Å². The fourth-order valence-electron chi connectivity index (χ4n) is 0.690. The van der Waals surface area contributed by atoms with E-state index in [1.54, 1.807) is 0 Å². The Kier molecular flexibility index (Phi) is 4.86. The van der Waals surface area contributed by atoms with Crippen LogP contribution in [0.3, 0.4) is 0 Å². The molecule has 0 N–H and O–H groups in total. The first-order valence-electron chi connectivity index (χ1n) is 3.76. The first kappa shape index (κ1) is 12.6. The molecule has 0 bridgehead atoms. The normalized spacial score (nSPS) is 12.6. The molecule has 0 aromatic heterocycles. The minimum Gasteiger partial charge on any atom is -0.438 e. The summed E-state index contributed by atoms with van der Waals surface area (Å²) in [5.74, 6) is -1.07. The van der Waals surface area contributed by atoms with Crippen LogP contribution in [0.5, 0.6) is 0 Å². The number of rotatable bonds is 6. The largest absolute Gasteiger partial charge is 0.438 e. The van der Waals surface area contributed by atoms with E-state index in [9.17, 15) is 13.2 Å². The lowest BCUT2D eigenvalue weighted by Gasteiger charge is -2.11. The minimum atomic E-state index is -3.55. The predicted molar refractivity (Wildman–Crippen MR) is 54.3 cm³/mol. The molecule has 0 heterocycles. The summed E-state index contributed by atoms with van der Waals surface area (Å²) in [5.41, 5.74) is -1.34. The van der Waals surface area contributed by atoms with Gasteiger partial charge in [0.1, 0.15) is 0 Å². The molecule has 0 aliphatic heterocycles. The van der Waals surface area contributed by atoms with E-state index in [-0.39, 0.29) is 5.75 Å². The van der Waals surface area contributed by atoms with Gasteiger partial charge >= 0.3 is 5.97 Å². The Morgan fingerprint density at radius 3 is 2.29 bits per heavy atom. The van der Waals surface area contributed by atoms with Gasteiger partial charge in [-0.05, 0) is 6.08 Å². The zero-order chi connectivity index (χ0) is 11.2. The number of ether oxygens (including phenoxy) is 1. The molecule has 0 aromatic carbocycles. The van der Waals surface area contributed by atoms with Gasteiger partial charge in [0.25, 0.3) is 0 Å². The second-order valence-electron chi connectivity index (χ2n) is 2.36. The molecule has 0 saturated heterocycles. The first-order chi connectivity index (χ1) is 6.47. The van der Waals surface area contributed by atoms with Gasteiger partial charge in [-0.15, -0.1) is 6.58 Å². The summed E-state index contributed by atoms with van der Waals surface area (Å²) in [7, 11) is -3.55. The van der Waals surface area contributed by atoms with Gasteiger partial charge in [-0.2, -0.15) is 0 Å². The van der Waals surface area contributed by atoms with Gasteiger partial charge in [0.05, 0.1) is 5.75 Å². The van der Waals surface area contributed by atoms with Gasteiger partial charge in [-0.1, -0.05) is 19.2 Å². The minimum absolute atomic E-state index is 0.270. The molecule has 14 heavy (non-hydrogen) atoms. The molecule has 4 nitrogen and oxygen atoms in total. The molecule has 0 rings (SSSR count). The molecular weight excluding hydrogens is 204 g/mol. The van der Waals surface area contributed by atoms with Gasteiger partial charge in [-0.3, -0.25) is 0 Å². The van der Waals surface area contributed by atoms with Gasteiger partial charge in [0.15, 0.2) is 9.84 Å². The highest BCUT2D eigenvalue weighted by molar-refractivity contribution is 7.92. The van der Waals surface area contributed by atoms with E-state index in [0.717, 1.165) is 12.2 Å². The van der Waals surface area contributed by atoms with Crippen molar-refractivity contribution in [2.75, 3.05) is 5.75 Å². The van der Waals surface area contributed by atoms with Crippen molar-refractivity contribution in [2.24, 2.45) is 0 Å². The molecular formula is C9H12O4S. The smallest absolute Gasteiger partial charge is 0.331 e. The van der Waals surface area contributed by atoms with Crippen LogP contribution in [0.15, 0.2) is 38.0 Å². The van der Waals surface area contributed by atoms with Crippen molar-refractivity contribution in [3.8, 4) is 0 Å². The van der Waals surface area contributed by atoms with Gasteiger partial charge in [-0.25, -0.2) is 13.2 Å². The Bertz CT molecular complexity index is 340. The maximum absolute atomic E-state index is 11.4. The van der Waals surface area contributed by atoms with Crippen molar-refractivity contribution < 1.29 is 17.9 Å². The highest BCUT2D eigenvalue weighted by Gasteiger charge is 2.23. The van der Waals surface area contributed by atoms with E-state index in [2.05, 4.69) is 24.5 Å². The Morgan fingerprint density at radius 1 is 1.36 bits per heavy atom. The lowest BCUT2D eigenvalue weighted by molar-refractivity contribution is -0.138. The number of esters is 1. The molecule has 0 aliphatic carbocycles. The van der Waals surface area contributed by atoms with Crippen LogP contribution in [0.4, 0.5) is 0 Å². The first-order valence-corrected chi connectivity index (χ1v) is 5.47. The fourth-order valence-corrected chi connectivity index (χ4v) is 1.74. The van der Waals surface area contributed by atoms with E-state index < -0.39 is 21.2 Å². The number of carbonyl (C=O) groups excluding carboxylic acids is 1. The van der Waals surface area contributed by atoms with Crippen LogP contribution in [0.1, 0.15) is 0 Å². The van der Waals surface area contributed by atoms with Gasteiger partial charge in [0, 0.05) is 6.08 Å². The Morgan fingerprint density at radius 2 is 1.93 bits per heavy atom. The van der Waals surface area contributed by atoms with Crippen LogP contribution < -0.4 is 0 Å². The second kappa shape index (κ2) is 5.39. The average molecular weight is 216 g/mol. The quantitative estimate of drug-likeness (QED) is 0.375. The Hall–Kier alpha value is -1.36. The summed E-state index contributed by atoms with van der Waals surface area (Å²) in [6.45, 7) is 9.71. The van der Waals surface area contributed by atoms with Gasteiger partial charge < -0.3 is 4.74 Å². The summed E-state index contributed by atoms with van der Waals surface area (Å²) in [5, 5.41) is 0. The molecule has 1 unspecified atom stereocenters. The molecule has 0 radical (unpaired) electrons. The van der Waals surface area contributed by atoms with Crippen molar-refractivity contribution in [1.29, 1.82) is 0 Å². The molecule has 1 atom stereocenters. The third kappa shape index (κ3) is 3.57. The van der Waals surface area contributed by atoms with Gasteiger partial charge in [0.2, 0.25) is 5.44 Å². The summed E-state index contributed by atoms with van der Waals surface area (Å²) < 4.78 is 27.3. The standard InChI is InChI=1S/C9H12O4S/c1-4-7-14(11,12)9(6-3)13-8(10)5-2/h4-6,9H,1-3,7H2. The molecule has 0 spiro atoms. The lowest BCUT2D eigenvalue weighted by Crippen LogP contribution is -2.26. The molecule has 0 aromatic rings. The molecule has 5 heteroatoms. The number of sulfone groups is 1. The molecule has 0 aliphatic rings.